The maximum absolute atomic E-state index is 13.0. The second-order valence-electron chi connectivity index (χ2n) is 7.82. The molecule has 2 N–H and O–H groups in total. The van der Waals surface area contributed by atoms with E-state index >= 15 is 0 Å². The lowest BCUT2D eigenvalue weighted by Crippen LogP contribution is -2.54. The van der Waals surface area contributed by atoms with Gasteiger partial charge in [-0.25, -0.2) is 4.79 Å². The van der Waals surface area contributed by atoms with Gasteiger partial charge in [0.15, 0.2) is 0 Å². The molecule has 1 saturated heterocycles. The summed E-state index contributed by atoms with van der Waals surface area (Å²) >= 11 is 0. The summed E-state index contributed by atoms with van der Waals surface area (Å²) in [5, 5.41) is 10.1. The maximum atomic E-state index is 13.0. The molecule has 2 aliphatic rings. The topological polar surface area (TPSA) is 106 Å². The quantitative estimate of drug-likeness (QED) is 0.480. The van der Waals surface area contributed by atoms with Crippen LogP contribution in [0.3, 0.4) is 0 Å². The molecule has 9 heteroatoms. The van der Waals surface area contributed by atoms with Crippen LogP contribution < -0.4 is 15.4 Å². The van der Waals surface area contributed by atoms with Crippen LogP contribution in [0, 0.1) is 11.8 Å². The zero-order chi connectivity index (χ0) is 22.5. The number of urea groups is 1. The predicted octanol–water partition coefficient (Wildman–Crippen LogP) is 1.17. The Labute approximate surface area is 183 Å². The van der Waals surface area contributed by atoms with E-state index in [4.69, 9.17) is 4.74 Å². The van der Waals surface area contributed by atoms with E-state index in [9.17, 15) is 14.4 Å². The minimum absolute atomic E-state index is 0.0808. The fourth-order valence-electron chi connectivity index (χ4n) is 4.02. The van der Waals surface area contributed by atoms with Crippen LogP contribution in [-0.4, -0.2) is 51.7 Å². The Morgan fingerprint density at radius 3 is 2.78 bits per heavy atom. The summed E-state index contributed by atoms with van der Waals surface area (Å²) in [6, 6.07) is 10.1. The average Bonchev–Trinajstić information content (AvgIpc) is 3.38. The molecule has 0 aliphatic carbocycles. The van der Waals surface area contributed by atoms with Crippen molar-refractivity contribution in [2.45, 2.75) is 12.1 Å². The molecule has 2 aliphatic heterocycles. The van der Waals surface area contributed by atoms with E-state index in [1.807, 2.05) is 31.4 Å². The van der Waals surface area contributed by atoms with E-state index in [0.717, 1.165) is 16.5 Å². The summed E-state index contributed by atoms with van der Waals surface area (Å²) in [6.45, 7) is 0.231. The van der Waals surface area contributed by atoms with Gasteiger partial charge in [-0.1, -0.05) is 17.9 Å². The van der Waals surface area contributed by atoms with Crippen LogP contribution in [0.15, 0.2) is 42.6 Å². The van der Waals surface area contributed by atoms with Gasteiger partial charge in [0.2, 0.25) is 5.54 Å². The average molecular weight is 429 g/mol. The third kappa shape index (κ3) is 3.22. The zero-order valence-corrected chi connectivity index (χ0v) is 17.4. The Balaban J connectivity index is 1.47. The first kappa shape index (κ1) is 19.6. The monoisotopic (exact) mass is 429 g/mol. The molecule has 1 atom stereocenters. The molecular formula is C23H19N5O4. The molecule has 0 saturated carbocycles. The lowest BCUT2D eigenvalue weighted by molar-refractivity contribution is -0.122. The largest absolute Gasteiger partial charge is 0.497 e. The van der Waals surface area contributed by atoms with Gasteiger partial charge in [-0.3, -0.25) is 19.6 Å². The van der Waals surface area contributed by atoms with Crippen molar-refractivity contribution in [3.8, 4) is 17.6 Å². The van der Waals surface area contributed by atoms with Gasteiger partial charge >= 0.3 is 6.03 Å². The number of amides is 4. The number of hydrogen-bond acceptors (Lipinski definition) is 5. The lowest BCUT2D eigenvalue weighted by Gasteiger charge is -2.26. The summed E-state index contributed by atoms with van der Waals surface area (Å²) in [4.78, 5) is 39.2. The standard InChI is InChI=1S/C23H19N5O4/c1-27-11-16-9-14(3-6-19(16)26-27)7-8-23(21(30)24-22(31)25-23)13-28-12-15-4-5-17(32-2)10-18(15)20(28)29/h3-6,9-11H,12-13H2,1-2H3,(H2,24,25,30,31)/t23-/m1/s1. The fourth-order valence-corrected chi connectivity index (χ4v) is 4.02. The normalized spacial score (nSPS) is 19.4. The molecule has 4 amide bonds. The van der Waals surface area contributed by atoms with Crippen LogP contribution in [0.2, 0.25) is 0 Å². The first-order valence-electron chi connectivity index (χ1n) is 9.93. The van der Waals surface area contributed by atoms with Gasteiger partial charge < -0.3 is 15.0 Å². The summed E-state index contributed by atoms with van der Waals surface area (Å²) in [5.74, 6) is 5.65. The highest BCUT2D eigenvalue weighted by atomic mass is 16.5. The van der Waals surface area contributed by atoms with Crippen LogP contribution in [0.1, 0.15) is 21.5 Å². The van der Waals surface area contributed by atoms with Crippen LogP contribution in [0.4, 0.5) is 4.79 Å². The van der Waals surface area contributed by atoms with Crippen LogP contribution in [0.5, 0.6) is 5.75 Å². The van der Waals surface area contributed by atoms with Gasteiger partial charge in [0.1, 0.15) is 5.75 Å². The van der Waals surface area contributed by atoms with E-state index in [1.54, 1.807) is 22.9 Å². The van der Waals surface area contributed by atoms with Crippen molar-refractivity contribution in [2.24, 2.45) is 7.05 Å². The number of ether oxygens (including phenoxy) is 1. The first-order chi connectivity index (χ1) is 15.4. The van der Waals surface area contributed by atoms with Crippen molar-refractivity contribution in [3.63, 3.8) is 0 Å². The molecule has 3 heterocycles. The zero-order valence-electron chi connectivity index (χ0n) is 17.4. The molecule has 0 radical (unpaired) electrons. The molecule has 2 aromatic carbocycles. The number of carbonyl (C=O) groups excluding carboxylic acids is 3. The number of benzene rings is 2. The number of carbonyl (C=O) groups is 3. The summed E-state index contributed by atoms with van der Waals surface area (Å²) in [6.07, 6.45) is 1.87. The number of fused-ring (bicyclic) bond motifs is 2. The molecule has 0 bridgehead atoms. The summed E-state index contributed by atoms with van der Waals surface area (Å²) in [5.41, 5.74) is 1.28. The Morgan fingerprint density at radius 1 is 1.19 bits per heavy atom. The van der Waals surface area contributed by atoms with Gasteiger partial charge in [0, 0.05) is 36.3 Å². The van der Waals surface area contributed by atoms with Crippen molar-refractivity contribution >= 4 is 28.7 Å². The molecule has 5 rings (SSSR count). The van der Waals surface area contributed by atoms with Crippen molar-refractivity contribution in [1.29, 1.82) is 0 Å². The Bertz CT molecular complexity index is 1370. The van der Waals surface area contributed by atoms with E-state index in [2.05, 4.69) is 27.6 Å². The van der Waals surface area contributed by atoms with E-state index in [0.29, 0.717) is 23.4 Å². The summed E-state index contributed by atoms with van der Waals surface area (Å²) < 4.78 is 6.91. The minimum Gasteiger partial charge on any atom is -0.497 e. The Kier molecular flexibility index (Phi) is 4.37. The maximum Gasteiger partial charge on any atom is 0.323 e. The summed E-state index contributed by atoms with van der Waals surface area (Å²) in [7, 11) is 3.37. The number of rotatable bonds is 3. The first-order valence-corrected chi connectivity index (χ1v) is 9.93. The molecule has 1 fully saturated rings. The van der Waals surface area contributed by atoms with Crippen molar-refractivity contribution in [1.82, 2.24) is 25.3 Å². The smallest absolute Gasteiger partial charge is 0.323 e. The molecule has 0 spiro atoms. The van der Waals surface area contributed by atoms with Gasteiger partial charge in [0.25, 0.3) is 11.8 Å². The van der Waals surface area contributed by atoms with Gasteiger partial charge in [0.05, 0.1) is 19.2 Å². The highest BCUT2D eigenvalue weighted by Gasteiger charge is 2.48. The Hall–Kier alpha value is -4.32. The molecule has 32 heavy (non-hydrogen) atoms. The highest BCUT2D eigenvalue weighted by Crippen LogP contribution is 2.28. The van der Waals surface area contributed by atoms with Gasteiger partial charge in [-0.2, -0.15) is 5.10 Å². The number of aryl methyl sites for hydroxylation is 1. The minimum atomic E-state index is -1.55. The molecular weight excluding hydrogens is 410 g/mol. The second kappa shape index (κ2) is 7.13. The van der Waals surface area contributed by atoms with Crippen LogP contribution in [-0.2, 0) is 18.4 Å². The number of aromatic nitrogens is 2. The molecule has 160 valence electrons. The van der Waals surface area contributed by atoms with E-state index in [1.165, 1.54) is 12.0 Å². The third-order valence-corrected chi connectivity index (χ3v) is 5.60. The second-order valence-corrected chi connectivity index (χ2v) is 7.82. The van der Waals surface area contributed by atoms with E-state index in [-0.39, 0.29) is 12.5 Å². The third-order valence-electron chi connectivity index (χ3n) is 5.60. The van der Waals surface area contributed by atoms with Crippen molar-refractivity contribution in [2.75, 3.05) is 13.7 Å². The van der Waals surface area contributed by atoms with Crippen molar-refractivity contribution in [3.05, 3.63) is 59.3 Å². The molecule has 0 unspecified atom stereocenters. The number of hydrogen-bond donors (Lipinski definition) is 2. The number of imide groups is 1. The van der Waals surface area contributed by atoms with Crippen LogP contribution >= 0.6 is 0 Å². The van der Waals surface area contributed by atoms with Crippen LogP contribution in [0.25, 0.3) is 10.9 Å². The SMILES string of the molecule is COc1ccc2c(c1)C(=O)N(C[C@@]1(C#Cc3ccc4nn(C)cc4c3)NC(=O)NC1=O)C2. The molecule has 9 nitrogen and oxygen atoms in total. The number of nitrogens with zero attached hydrogens (tertiary/aromatic N) is 3. The lowest BCUT2D eigenvalue weighted by atomic mass is 9.99. The molecule has 3 aromatic rings. The van der Waals surface area contributed by atoms with E-state index < -0.39 is 17.5 Å². The number of nitrogens with one attached hydrogen (secondary N) is 2. The van der Waals surface area contributed by atoms with Gasteiger partial charge in [-0.05, 0) is 35.9 Å². The Morgan fingerprint density at radius 2 is 2.03 bits per heavy atom. The van der Waals surface area contributed by atoms with Crippen molar-refractivity contribution < 1.29 is 19.1 Å². The predicted molar refractivity (Wildman–Crippen MR) is 115 cm³/mol. The highest BCUT2D eigenvalue weighted by molar-refractivity contribution is 6.10. The molecule has 1 aromatic heterocycles. The number of methoxy groups -OCH3 is 1. The fraction of sp³-hybridized carbons (Fsp3) is 0.217. The van der Waals surface area contributed by atoms with Gasteiger partial charge in [-0.15, -0.1) is 0 Å².